The average molecular weight is 446 g/mol. The van der Waals surface area contributed by atoms with Crippen molar-refractivity contribution in [2.75, 3.05) is 5.32 Å². The van der Waals surface area contributed by atoms with Gasteiger partial charge in [0.2, 0.25) is 11.0 Å². The fourth-order valence-corrected chi connectivity index (χ4v) is 4.06. The molecule has 0 atom stereocenters. The fourth-order valence-electron chi connectivity index (χ4n) is 2.53. The predicted molar refractivity (Wildman–Crippen MR) is 113 cm³/mol. The second-order valence-corrected chi connectivity index (χ2v) is 7.97. The Morgan fingerprint density at radius 3 is 3.00 bits per heavy atom. The van der Waals surface area contributed by atoms with Gasteiger partial charge in [0, 0.05) is 9.86 Å². The summed E-state index contributed by atoms with van der Waals surface area (Å²) in [6.45, 7) is 2.04. The summed E-state index contributed by atoms with van der Waals surface area (Å²) < 4.78 is 1.96. The molecule has 0 saturated heterocycles. The average Bonchev–Trinajstić information content (AvgIpc) is 3.12. The molecule has 4 aromatic rings. The van der Waals surface area contributed by atoms with Crippen LogP contribution in [0.3, 0.4) is 0 Å². The molecule has 0 bridgehead atoms. The number of thiocarbonyl (C=S) groups is 1. The molecular formula is C17H12BrN5OS2. The van der Waals surface area contributed by atoms with Crippen molar-refractivity contribution in [2.45, 2.75) is 6.92 Å². The van der Waals surface area contributed by atoms with Crippen molar-refractivity contribution in [1.82, 2.24) is 9.97 Å². The standard InChI is InChI=1S/C17H12BrN5OS2/c1-8-2-4-12-13(6-8)26-17(20-12)21-16(25)23-22-14-10-7-9(18)3-5-11(10)19-15(14)24/h2-7,19,24H,1H3,(H,20,21,25). The van der Waals surface area contributed by atoms with Crippen LogP contribution in [-0.4, -0.2) is 20.2 Å². The van der Waals surface area contributed by atoms with E-state index in [1.807, 2.05) is 37.3 Å². The molecule has 26 heavy (non-hydrogen) atoms. The predicted octanol–water partition coefficient (Wildman–Crippen LogP) is 6.03. The van der Waals surface area contributed by atoms with Crippen LogP contribution in [0.25, 0.3) is 21.1 Å². The zero-order chi connectivity index (χ0) is 18.3. The number of hydrogen-bond donors (Lipinski definition) is 3. The molecule has 2 aromatic heterocycles. The van der Waals surface area contributed by atoms with Crippen LogP contribution in [0.2, 0.25) is 0 Å². The van der Waals surface area contributed by atoms with E-state index in [0.29, 0.717) is 10.8 Å². The van der Waals surface area contributed by atoms with E-state index in [9.17, 15) is 5.11 Å². The van der Waals surface area contributed by atoms with Gasteiger partial charge in [0.25, 0.3) is 0 Å². The molecule has 0 radical (unpaired) electrons. The third-order valence-corrected chi connectivity index (χ3v) is 5.32. The van der Waals surface area contributed by atoms with Gasteiger partial charge in [-0.3, -0.25) is 0 Å². The van der Waals surface area contributed by atoms with E-state index < -0.39 is 0 Å². The van der Waals surface area contributed by atoms with Gasteiger partial charge in [-0.1, -0.05) is 33.3 Å². The molecule has 0 spiro atoms. The number of aromatic amines is 1. The van der Waals surface area contributed by atoms with Crippen molar-refractivity contribution in [3.63, 3.8) is 0 Å². The number of aromatic hydroxyl groups is 1. The highest BCUT2D eigenvalue weighted by atomic mass is 79.9. The highest BCUT2D eigenvalue weighted by molar-refractivity contribution is 9.10. The molecule has 0 fully saturated rings. The number of anilines is 1. The van der Waals surface area contributed by atoms with Gasteiger partial charge in [-0.25, -0.2) is 4.98 Å². The van der Waals surface area contributed by atoms with E-state index in [0.717, 1.165) is 25.6 Å². The Bertz CT molecular complexity index is 1180. The Hall–Kier alpha value is -2.36. The lowest BCUT2D eigenvalue weighted by atomic mass is 10.2. The Balaban J connectivity index is 1.57. The molecule has 4 rings (SSSR count). The normalized spacial score (nSPS) is 11.6. The zero-order valence-corrected chi connectivity index (χ0v) is 16.7. The first-order valence-corrected chi connectivity index (χ1v) is 9.61. The summed E-state index contributed by atoms with van der Waals surface area (Å²) in [5.74, 6) is -0.0555. The van der Waals surface area contributed by atoms with Crippen LogP contribution in [0.5, 0.6) is 5.88 Å². The monoisotopic (exact) mass is 445 g/mol. The van der Waals surface area contributed by atoms with Gasteiger partial charge >= 0.3 is 0 Å². The smallest absolute Gasteiger partial charge is 0.220 e. The van der Waals surface area contributed by atoms with Crippen molar-refractivity contribution >= 4 is 76.5 Å². The van der Waals surface area contributed by atoms with Crippen LogP contribution in [0, 0.1) is 6.92 Å². The lowest BCUT2D eigenvalue weighted by molar-refractivity contribution is 0.459. The van der Waals surface area contributed by atoms with E-state index in [2.05, 4.69) is 47.5 Å². The number of nitrogens with zero attached hydrogens (tertiary/aromatic N) is 3. The Morgan fingerprint density at radius 1 is 1.31 bits per heavy atom. The van der Waals surface area contributed by atoms with Crippen LogP contribution in [0.1, 0.15) is 5.56 Å². The summed E-state index contributed by atoms with van der Waals surface area (Å²) in [5.41, 5.74) is 3.18. The number of hydrogen-bond acceptors (Lipinski definition) is 5. The number of H-pyrrole nitrogens is 1. The molecule has 9 heteroatoms. The number of benzene rings is 2. The van der Waals surface area contributed by atoms with Gasteiger partial charge in [-0.2, -0.15) is 0 Å². The molecule has 0 aliphatic carbocycles. The third-order valence-electron chi connectivity index (χ3n) is 3.71. The topological polar surface area (TPSA) is 85.7 Å². The molecular weight excluding hydrogens is 434 g/mol. The molecule has 2 heterocycles. The molecule has 6 nitrogen and oxygen atoms in total. The minimum Gasteiger partial charge on any atom is -0.493 e. The van der Waals surface area contributed by atoms with Crippen LogP contribution in [0.4, 0.5) is 10.8 Å². The first kappa shape index (κ1) is 17.1. The fraction of sp³-hybridized carbons (Fsp3) is 0.0588. The summed E-state index contributed by atoms with van der Waals surface area (Å²) in [7, 11) is 0. The molecule has 0 aliphatic heterocycles. The summed E-state index contributed by atoms with van der Waals surface area (Å²) in [6, 6.07) is 11.6. The summed E-state index contributed by atoms with van der Waals surface area (Å²) in [5, 5.41) is 22.7. The molecule has 0 saturated carbocycles. The molecule has 2 aromatic carbocycles. The molecule has 0 unspecified atom stereocenters. The van der Waals surface area contributed by atoms with Crippen molar-refractivity contribution in [3.8, 4) is 5.88 Å². The Morgan fingerprint density at radius 2 is 2.15 bits per heavy atom. The number of rotatable bonds is 2. The largest absolute Gasteiger partial charge is 0.493 e. The number of nitrogens with one attached hydrogen (secondary N) is 2. The SMILES string of the molecule is Cc1ccc2nc(NC(=S)N=Nc3c(O)[nH]c4ccc(Br)cc34)sc2c1. The van der Waals surface area contributed by atoms with Crippen molar-refractivity contribution < 1.29 is 5.11 Å². The first-order valence-electron chi connectivity index (χ1n) is 7.60. The van der Waals surface area contributed by atoms with Gasteiger partial charge < -0.3 is 15.4 Å². The maximum atomic E-state index is 10.1. The number of aryl methyl sites for hydroxylation is 1. The van der Waals surface area contributed by atoms with Gasteiger partial charge in [-0.05, 0) is 55.0 Å². The van der Waals surface area contributed by atoms with E-state index in [4.69, 9.17) is 12.2 Å². The van der Waals surface area contributed by atoms with Crippen molar-refractivity contribution in [3.05, 3.63) is 46.4 Å². The van der Waals surface area contributed by atoms with Gasteiger partial charge in [0.1, 0.15) is 0 Å². The first-order chi connectivity index (χ1) is 12.5. The van der Waals surface area contributed by atoms with Crippen LogP contribution >= 0.6 is 39.5 Å². The van der Waals surface area contributed by atoms with Crippen LogP contribution < -0.4 is 5.32 Å². The molecule has 130 valence electrons. The zero-order valence-electron chi connectivity index (χ0n) is 13.4. The van der Waals surface area contributed by atoms with E-state index in [1.54, 1.807) is 0 Å². The summed E-state index contributed by atoms with van der Waals surface area (Å²) >= 11 is 10.1. The van der Waals surface area contributed by atoms with E-state index in [1.165, 1.54) is 16.9 Å². The van der Waals surface area contributed by atoms with Crippen LogP contribution in [-0.2, 0) is 0 Å². The Labute approximate surface area is 166 Å². The number of thiazole rings is 1. The quantitative estimate of drug-likeness (QED) is 0.259. The van der Waals surface area contributed by atoms with E-state index in [-0.39, 0.29) is 11.0 Å². The maximum Gasteiger partial charge on any atom is 0.220 e. The van der Waals surface area contributed by atoms with Gasteiger partial charge in [0.15, 0.2) is 10.8 Å². The van der Waals surface area contributed by atoms with Gasteiger partial charge in [0.05, 0.1) is 15.7 Å². The van der Waals surface area contributed by atoms with E-state index >= 15 is 0 Å². The van der Waals surface area contributed by atoms with Crippen molar-refractivity contribution in [1.29, 1.82) is 0 Å². The third kappa shape index (κ3) is 3.33. The maximum absolute atomic E-state index is 10.1. The van der Waals surface area contributed by atoms with Gasteiger partial charge in [-0.15, -0.1) is 10.2 Å². The second-order valence-electron chi connectivity index (χ2n) is 5.63. The molecule has 0 amide bonds. The highest BCUT2D eigenvalue weighted by Crippen LogP contribution is 2.37. The number of halogens is 1. The number of aromatic nitrogens is 2. The summed E-state index contributed by atoms with van der Waals surface area (Å²) in [4.78, 5) is 7.33. The number of azo groups is 1. The lowest BCUT2D eigenvalue weighted by Crippen LogP contribution is -2.04. The number of fused-ring (bicyclic) bond motifs is 2. The minimum atomic E-state index is -0.0555. The van der Waals surface area contributed by atoms with Crippen LogP contribution in [0.15, 0.2) is 51.1 Å². The molecule has 3 N–H and O–H groups in total. The highest BCUT2D eigenvalue weighted by Gasteiger charge is 2.11. The molecule has 0 aliphatic rings. The van der Waals surface area contributed by atoms with Crippen molar-refractivity contribution in [2.24, 2.45) is 10.2 Å². The lowest BCUT2D eigenvalue weighted by Gasteiger charge is -1.97. The second kappa shape index (κ2) is 6.75. The minimum absolute atomic E-state index is 0.0555. The Kier molecular flexibility index (Phi) is 4.43. The summed E-state index contributed by atoms with van der Waals surface area (Å²) in [6.07, 6.45) is 0.